The van der Waals surface area contributed by atoms with Crippen molar-refractivity contribution in [3.63, 3.8) is 0 Å². The third-order valence-corrected chi connectivity index (χ3v) is 5.86. The van der Waals surface area contributed by atoms with Gasteiger partial charge in [-0.1, -0.05) is 30.3 Å². The third-order valence-electron chi connectivity index (χ3n) is 5.86. The Balaban J connectivity index is 1.59. The fraction of sp³-hybridized carbons (Fsp3) is 0.261. The summed E-state index contributed by atoms with van der Waals surface area (Å²) in [7, 11) is 0. The molecule has 0 saturated carbocycles. The molecule has 1 unspecified atom stereocenters. The Morgan fingerprint density at radius 1 is 1.15 bits per heavy atom. The summed E-state index contributed by atoms with van der Waals surface area (Å²) in [5, 5.41) is 16.9. The largest absolute Gasteiger partial charge is 0.364 e. The number of nitrogens with zero attached hydrogens (tertiary/aromatic N) is 8. The van der Waals surface area contributed by atoms with Crippen LogP contribution < -0.4 is 11.1 Å². The molecule has 34 heavy (non-hydrogen) atoms. The molecule has 11 heteroatoms. The molecule has 0 aliphatic carbocycles. The van der Waals surface area contributed by atoms with Crippen molar-refractivity contribution in [3.8, 4) is 5.95 Å². The van der Waals surface area contributed by atoms with Crippen molar-refractivity contribution in [2.45, 2.75) is 39.3 Å². The zero-order valence-corrected chi connectivity index (χ0v) is 19.0. The molecule has 5 aromatic rings. The number of anilines is 1. The molecule has 4 heterocycles. The van der Waals surface area contributed by atoms with E-state index < -0.39 is 5.91 Å². The molecule has 0 bridgehead atoms. The number of carbonyl (C=O) groups is 1. The first-order chi connectivity index (χ1) is 16.4. The topological polar surface area (TPSA) is 142 Å². The number of primary amides is 1. The molecule has 11 nitrogen and oxygen atoms in total. The van der Waals surface area contributed by atoms with Crippen molar-refractivity contribution in [1.29, 1.82) is 0 Å². The second-order valence-corrected chi connectivity index (χ2v) is 8.19. The molecule has 0 saturated heterocycles. The van der Waals surface area contributed by atoms with Gasteiger partial charge in [-0.05, 0) is 38.0 Å². The fourth-order valence-corrected chi connectivity index (χ4v) is 3.75. The van der Waals surface area contributed by atoms with E-state index in [1.54, 1.807) is 6.20 Å². The summed E-state index contributed by atoms with van der Waals surface area (Å²) in [4.78, 5) is 25.4. The number of hydrogen-bond acceptors (Lipinski definition) is 8. The Morgan fingerprint density at radius 2 is 1.97 bits per heavy atom. The van der Waals surface area contributed by atoms with Gasteiger partial charge in [-0.2, -0.15) is 14.8 Å². The lowest BCUT2D eigenvalue weighted by Gasteiger charge is -2.18. The van der Waals surface area contributed by atoms with Gasteiger partial charge in [0, 0.05) is 17.6 Å². The van der Waals surface area contributed by atoms with Crippen LogP contribution in [0.2, 0.25) is 0 Å². The molecule has 0 aliphatic heterocycles. The SMILES string of the molecule is CCC(C)n1ncc2nc(-n3cc(C(N)=O)nn3)nc(N[C@H](C)c3cnc4ccccc4c3)c21. The van der Waals surface area contributed by atoms with E-state index in [1.807, 2.05) is 42.1 Å². The van der Waals surface area contributed by atoms with Crippen LogP contribution >= 0.6 is 0 Å². The summed E-state index contributed by atoms with van der Waals surface area (Å²) in [6.45, 7) is 6.24. The Hall–Kier alpha value is -4.41. The molecule has 172 valence electrons. The number of hydrogen-bond donors (Lipinski definition) is 2. The molecule has 3 N–H and O–H groups in total. The number of aromatic nitrogens is 8. The smallest absolute Gasteiger partial charge is 0.270 e. The molecule has 2 atom stereocenters. The number of fused-ring (bicyclic) bond motifs is 2. The lowest BCUT2D eigenvalue weighted by Crippen LogP contribution is -2.14. The van der Waals surface area contributed by atoms with Crippen LogP contribution in [0.1, 0.15) is 55.3 Å². The molecular formula is C23H24N10O. The van der Waals surface area contributed by atoms with Crippen LogP contribution in [0.15, 0.2) is 48.9 Å². The van der Waals surface area contributed by atoms with Crippen LogP contribution in [-0.2, 0) is 0 Å². The number of amides is 1. The van der Waals surface area contributed by atoms with Gasteiger partial charge in [0.2, 0.25) is 0 Å². The Bertz CT molecular complexity index is 1500. The van der Waals surface area contributed by atoms with Crippen LogP contribution in [-0.4, -0.2) is 45.6 Å². The first-order valence-electron chi connectivity index (χ1n) is 11.0. The molecule has 1 amide bonds. The van der Waals surface area contributed by atoms with Crippen molar-refractivity contribution >= 4 is 33.7 Å². The van der Waals surface area contributed by atoms with Crippen molar-refractivity contribution in [3.05, 3.63) is 60.2 Å². The van der Waals surface area contributed by atoms with Crippen molar-refractivity contribution < 1.29 is 4.79 Å². The predicted octanol–water partition coefficient (Wildman–Crippen LogP) is 3.20. The van der Waals surface area contributed by atoms with E-state index >= 15 is 0 Å². The molecule has 0 fully saturated rings. The highest BCUT2D eigenvalue weighted by molar-refractivity contribution is 5.90. The van der Waals surface area contributed by atoms with E-state index in [-0.39, 0.29) is 23.7 Å². The van der Waals surface area contributed by atoms with Crippen LogP contribution in [0.3, 0.4) is 0 Å². The zero-order chi connectivity index (χ0) is 23.8. The summed E-state index contributed by atoms with van der Waals surface area (Å²) in [5.41, 5.74) is 8.74. The number of nitrogens with two attached hydrogens (primary N) is 1. The maximum absolute atomic E-state index is 11.5. The second kappa shape index (κ2) is 8.50. The van der Waals surface area contributed by atoms with E-state index in [9.17, 15) is 4.79 Å². The normalized spacial score (nSPS) is 13.3. The van der Waals surface area contributed by atoms with Crippen molar-refractivity contribution in [2.75, 3.05) is 5.32 Å². The third kappa shape index (κ3) is 3.81. The minimum absolute atomic E-state index is 0.0316. The number of benzene rings is 1. The standard InChI is InChI=1S/C23H24N10O/c1-4-13(2)33-20-18(11-26-33)28-23(32-12-19(21(24)34)30-31-32)29-22(20)27-14(3)16-9-15-7-5-6-8-17(15)25-10-16/h5-14H,4H2,1-3H3,(H2,24,34)(H,27,28,29)/t13?,14-/m1/s1. The summed E-state index contributed by atoms with van der Waals surface area (Å²) in [6.07, 6.45) is 5.87. The minimum Gasteiger partial charge on any atom is -0.364 e. The maximum atomic E-state index is 11.5. The van der Waals surface area contributed by atoms with E-state index in [2.05, 4.69) is 50.6 Å². The number of nitrogens with one attached hydrogen (secondary N) is 1. The van der Waals surface area contributed by atoms with Gasteiger partial charge in [-0.15, -0.1) is 5.10 Å². The lowest BCUT2D eigenvalue weighted by molar-refractivity contribution is 0.0995. The Kier molecular flexibility index (Phi) is 5.36. The van der Waals surface area contributed by atoms with Gasteiger partial charge in [-0.25, -0.2) is 4.98 Å². The maximum Gasteiger partial charge on any atom is 0.270 e. The van der Waals surface area contributed by atoms with Crippen molar-refractivity contribution in [2.24, 2.45) is 5.73 Å². The Labute approximate surface area is 195 Å². The highest BCUT2D eigenvalue weighted by atomic mass is 16.1. The van der Waals surface area contributed by atoms with Gasteiger partial charge in [0.25, 0.3) is 11.9 Å². The van der Waals surface area contributed by atoms with Crippen LogP contribution in [0.5, 0.6) is 0 Å². The van der Waals surface area contributed by atoms with E-state index in [0.29, 0.717) is 11.3 Å². The zero-order valence-electron chi connectivity index (χ0n) is 19.0. The number of rotatable bonds is 7. The molecule has 4 aromatic heterocycles. The van der Waals surface area contributed by atoms with E-state index in [1.165, 1.54) is 10.9 Å². The molecule has 1 aromatic carbocycles. The monoisotopic (exact) mass is 456 g/mol. The van der Waals surface area contributed by atoms with Crippen LogP contribution in [0, 0.1) is 0 Å². The number of para-hydroxylation sites is 1. The first kappa shape index (κ1) is 21.4. The highest BCUT2D eigenvalue weighted by Gasteiger charge is 2.20. The molecule has 0 spiro atoms. The first-order valence-corrected chi connectivity index (χ1v) is 11.0. The van der Waals surface area contributed by atoms with Crippen LogP contribution in [0.4, 0.5) is 5.82 Å². The second-order valence-electron chi connectivity index (χ2n) is 8.19. The molecule has 0 aliphatic rings. The molecule has 5 rings (SSSR count). The fourth-order valence-electron chi connectivity index (χ4n) is 3.75. The Morgan fingerprint density at radius 3 is 2.74 bits per heavy atom. The summed E-state index contributed by atoms with van der Waals surface area (Å²) in [6, 6.07) is 10.1. The van der Waals surface area contributed by atoms with Crippen LogP contribution in [0.25, 0.3) is 27.9 Å². The summed E-state index contributed by atoms with van der Waals surface area (Å²) < 4.78 is 3.25. The highest BCUT2D eigenvalue weighted by Crippen LogP contribution is 2.29. The molecule has 0 radical (unpaired) electrons. The predicted molar refractivity (Wildman–Crippen MR) is 128 cm³/mol. The average Bonchev–Trinajstić information content (AvgIpc) is 3.51. The van der Waals surface area contributed by atoms with Gasteiger partial charge in [0.15, 0.2) is 11.5 Å². The number of pyridine rings is 1. The van der Waals surface area contributed by atoms with E-state index in [0.717, 1.165) is 28.4 Å². The quantitative estimate of drug-likeness (QED) is 0.380. The average molecular weight is 457 g/mol. The van der Waals surface area contributed by atoms with Crippen molar-refractivity contribution in [1.82, 2.24) is 39.7 Å². The van der Waals surface area contributed by atoms with Gasteiger partial charge in [0.1, 0.15) is 11.0 Å². The van der Waals surface area contributed by atoms with Gasteiger partial charge in [0.05, 0.1) is 24.0 Å². The van der Waals surface area contributed by atoms with E-state index in [4.69, 9.17) is 10.7 Å². The summed E-state index contributed by atoms with van der Waals surface area (Å²) in [5.74, 6) is 0.171. The van der Waals surface area contributed by atoms with Gasteiger partial charge < -0.3 is 11.1 Å². The molecular weight excluding hydrogens is 432 g/mol. The van der Waals surface area contributed by atoms with Gasteiger partial charge >= 0.3 is 0 Å². The number of carbonyl (C=O) groups excluding carboxylic acids is 1. The summed E-state index contributed by atoms with van der Waals surface area (Å²) >= 11 is 0. The lowest BCUT2D eigenvalue weighted by atomic mass is 10.1. The van der Waals surface area contributed by atoms with Gasteiger partial charge in [-0.3, -0.25) is 14.5 Å². The minimum atomic E-state index is -0.673.